The molecule has 1 aliphatic heterocycles. The summed E-state index contributed by atoms with van der Waals surface area (Å²) in [4.78, 5) is 15.4. The number of anilines is 1. The van der Waals surface area contributed by atoms with E-state index >= 15 is 0 Å². The van der Waals surface area contributed by atoms with Gasteiger partial charge in [0.15, 0.2) is 0 Å². The molecule has 2 fully saturated rings. The highest BCUT2D eigenvalue weighted by atomic mass is 16.5. The monoisotopic (exact) mass is 402 g/mol. The van der Waals surface area contributed by atoms with Crippen molar-refractivity contribution >= 4 is 11.6 Å². The normalized spacial score (nSPS) is 22.1. The fraction of sp³-hybridized carbons (Fsp3) is 0.708. The third-order valence-electron chi connectivity index (χ3n) is 6.15. The van der Waals surface area contributed by atoms with Crippen molar-refractivity contribution in [1.29, 1.82) is 0 Å². The van der Waals surface area contributed by atoms with Gasteiger partial charge in [0.25, 0.3) is 5.91 Å². The number of piperidine rings is 1. The highest BCUT2D eigenvalue weighted by Gasteiger charge is 2.48. The Morgan fingerprint density at radius 1 is 1.21 bits per heavy atom. The Balaban J connectivity index is 1.41. The number of carbonyl (C=O) groups is 1. The zero-order valence-electron chi connectivity index (χ0n) is 18.4. The number of nitrogens with zero attached hydrogens (tertiary/aromatic N) is 1. The summed E-state index contributed by atoms with van der Waals surface area (Å²) in [6.45, 7) is 11.2. The number of rotatable bonds is 11. The quantitative estimate of drug-likeness (QED) is 0.544. The van der Waals surface area contributed by atoms with E-state index in [-0.39, 0.29) is 5.91 Å². The van der Waals surface area contributed by atoms with Crippen LogP contribution in [0.4, 0.5) is 5.69 Å². The second-order valence-electron chi connectivity index (χ2n) is 8.96. The molecule has 0 unspecified atom stereocenters. The van der Waals surface area contributed by atoms with Gasteiger partial charge >= 0.3 is 0 Å². The van der Waals surface area contributed by atoms with Gasteiger partial charge in [-0.1, -0.05) is 13.8 Å². The largest absolute Gasteiger partial charge is 0.494 e. The molecule has 1 aromatic carbocycles. The van der Waals surface area contributed by atoms with Crippen molar-refractivity contribution < 1.29 is 14.3 Å². The molecule has 1 saturated carbocycles. The highest BCUT2D eigenvalue weighted by molar-refractivity contribution is 5.97. The predicted molar refractivity (Wildman–Crippen MR) is 117 cm³/mol. The van der Waals surface area contributed by atoms with Gasteiger partial charge in [0, 0.05) is 25.4 Å². The highest BCUT2D eigenvalue weighted by Crippen LogP contribution is 2.42. The number of likely N-dealkylation sites (tertiary alicyclic amines) is 1. The molecule has 0 spiro atoms. The second kappa shape index (κ2) is 10.4. The maximum Gasteiger partial charge on any atom is 0.256 e. The Morgan fingerprint density at radius 3 is 2.62 bits per heavy atom. The van der Waals surface area contributed by atoms with E-state index in [0.717, 1.165) is 56.2 Å². The SMILES string of the molecule is CCCO[C@](C)(C(=O)Nc1ccc(OCCCN2CCC[C@@H](C)C2)cc1)C1CC1. The molecule has 0 bridgehead atoms. The van der Waals surface area contributed by atoms with Crippen molar-refractivity contribution in [2.75, 3.05) is 38.2 Å². The van der Waals surface area contributed by atoms with Gasteiger partial charge in [-0.15, -0.1) is 0 Å². The maximum atomic E-state index is 12.8. The van der Waals surface area contributed by atoms with Crippen LogP contribution in [0.25, 0.3) is 0 Å². The summed E-state index contributed by atoms with van der Waals surface area (Å²) in [7, 11) is 0. The smallest absolute Gasteiger partial charge is 0.256 e. The summed E-state index contributed by atoms with van der Waals surface area (Å²) in [5.74, 6) is 1.96. The molecule has 162 valence electrons. The van der Waals surface area contributed by atoms with Gasteiger partial charge in [0.1, 0.15) is 11.4 Å². The molecule has 1 aliphatic carbocycles. The van der Waals surface area contributed by atoms with Crippen LogP contribution in [0.3, 0.4) is 0 Å². The first-order chi connectivity index (χ1) is 14.0. The average Bonchev–Trinajstić information content (AvgIpc) is 3.56. The molecule has 1 aromatic rings. The lowest BCUT2D eigenvalue weighted by atomic mass is 9.98. The average molecular weight is 403 g/mol. The molecule has 0 aromatic heterocycles. The number of ether oxygens (including phenoxy) is 2. The van der Waals surface area contributed by atoms with Crippen LogP contribution in [0.1, 0.15) is 59.3 Å². The van der Waals surface area contributed by atoms with Crippen LogP contribution in [0.2, 0.25) is 0 Å². The van der Waals surface area contributed by atoms with Gasteiger partial charge < -0.3 is 19.7 Å². The van der Waals surface area contributed by atoms with Crippen molar-refractivity contribution in [3.63, 3.8) is 0 Å². The zero-order valence-corrected chi connectivity index (χ0v) is 18.4. The van der Waals surface area contributed by atoms with Gasteiger partial charge in [0.2, 0.25) is 0 Å². The van der Waals surface area contributed by atoms with E-state index in [2.05, 4.69) is 24.1 Å². The van der Waals surface area contributed by atoms with E-state index in [4.69, 9.17) is 9.47 Å². The molecule has 2 aliphatic rings. The van der Waals surface area contributed by atoms with E-state index < -0.39 is 5.60 Å². The first kappa shape index (κ1) is 22.1. The molecule has 1 saturated heterocycles. The van der Waals surface area contributed by atoms with Gasteiger partial charge in [0.05, 0.1) is 6.61 Å². The summed E-state index contributed by atoms with van der Waals surface area (Å²) in [6, 6.07) is 7.68. The minimum Gasteiger partial charge on any atom is -0.494 e. The Morgan fingerprint density at radius 2 is 1.97 bits per heavy atom. The number of amides is 1. The van der Waals surface area contributed by atoms with E-state index in [0.29, 0.717) is 12.5 Å². The van der Waals surface area contributed by atoms with Gasteiger partial charge in [-0.05, 0) is 88.1 Å². The number of nitrogens with one attached hydrogen (secondary N) is 1. The fourth-order valence-electron chi connectivity index (χ4n) is 4.17. The van der Waals surface area contributed by atoms with Crippen LogP contribution < -0.4 is 10.1 Å². The minimum absolute atomic E-state index is 0.0436. The van der Waals surface area contributed by atoms with Crippen LogP contribution >= 0.6 is 0 Å². The Hall–Kier alpha value is -1.59. The molecule has 5 heteroatoms. The second-order valence-corrected chi connectivity index (χ2v) is 8.96. The Kier molecular flexibility index (Phi) is 7.96. The van der Waals surface area contributed by atoms with Crippen molar-refractivity contribution in [2.45, 2.75) is 64.9 Å². The lowest BCUT2D eigenvalue weighted by Gasteiger charge is -2.30. The van der Waals surface area contributed by atoms with E-state index in [1.165, 1.54) is 25.9 Å². The number of hydrogen-bond acceptors (Lipinski definition) is 4. The van der Waals surface area contributed by atoms with Crippen molar-refractivity contribution in [2.24, 2.45) is 11.8 Å². The first-order valence-corrected chi connectivity index (χ1v) is 11.4. The molecular weight excluding hydrogens is 364 g/mol. The fourth-order valence-corrected chi connectivity index (χ4v) is 4.17. The number of hydrogen-bond donors (Lipinski definition) is 1. The van der Waals surface area contributed by atoms with Crippen molar-refractivity contribution in [1.82, 2.24) is 4.90 Å². The third kappa shape index (κ3) is 6.45. The molecule has 2 atom stereocenters. The van der Waals surface area contributed by atoms with E-state index in [9.17, 15) is 4.79 Å². The standard InChI is InChI=1S/C24H38N2O3/c1-4-16-29-24(3,20-8-9-20)23(27)25-21-10-12-22(13-11-21)28-17-6-15-26-14-5-7-19(2)18-26/h10-13,19-20H,4-9,14-18H2,1-3H3,(H,25,27)/t19-,24+/m1/s1. The zero-order chi connectivity index (χ0) is 20.7. The van der Waals surface area contributed by atoms with Gasteiger partial charge in [-0.25, -0.2) is 0 Å². The predicted octanol–water partition coefficient (Wildman–Crippen LogP) is 4.72. The third-order valence-corrected chi connectivity index (χ3v) is 6.15. The summed E-state index contributed by atoms with van der Waals surface area (Å²) in [5, 5.41) is 3.03. The Bertz CT molecular complexity index is 644. The molecule has 3 rings (SSSR count). The topological polar surface area (TPSA) is 50.8 Å². The lowest BCUT2D eigenvalue weighted by Crippen LogP contribution is -2.45. The maximum absolute atomic E-state index is 12.8. The number of benzene rings is 1. The molecule has 1 heterocycles. The molecule has 29 heavy (non-hydrogen) atoms. The van der Waals surface area contributed by atoms with Gasteiger partial charge in [-0.2, -0.15) is 0 Å². The Labute approximate surface area is 176 Å². The summed E-state index contributed by atoms with van der Waals surface area (Å²) >= 11 is 0. The number of carbonyl (C=O) groups excluding carboxylic acids is 1. The van der Waals surface area contributed by atoms with Crippen molar-refractivity contribution in [3.8, 4) is 5.75 Å². The molecule has 1 N–H and O–H groups in total. The summed E-state index contributed by atoms with van der Waals surface area (Å²) in [5.41, 5.74) is 0.0635. The van der Waals surface area contributed by atoms with Crippen LogP contribution in [-0.4, -0.2) is 49.3 Å². The van der Waals surface area contributed by atoms with Crippen molar-refractivity contribution in [3.05, 3.63) is 24.3 Å². The van der Waals surface area contributed by atoms with E-state index in [1.807, 2.05) is 31.2 Å². The van der Waals surface area contributed by atoms with Crippen LogP contribution in [0.5, 0.6) is 5.75 Å². The first-order valence-electron chi connectivity index (χ1n) is 11.4. The van der Waals surface area contributed by atoms with Crippen LogP contribution in [-0.2, 0) is 9.53 Å². The summed E-state index contributed by atoms with van der Waals surface area (Å²) < 4.78 is 11.8. The lowest BCUT2D eigenvalue weighted by molar-refractivity contribution is -0.142. The minimum atomic E-state index is -0.725. The summed E-state index contributed by atoms with van der Waals surface area (Å²) in [6.07, 6.45) is 6.77. The van der Waals surface area contributed by atoms with Crippen LogP contribution in [0.15, 0.2) is 24.3 Å². The molecule has 5 nitrogen and oxygen atoms in total. The molecular formula is C24H38N2O3. The van der Waals surface area contributed by atoms with Gasteiger partial charge in [-0.3, -0.25) is 4.79 Å². The van der Waals surface area contributed by atoms with Crippen LogP contribution in [0, 0.1) is 11.8 Å². The molecule has 0 radical (unpaired) electrons. The van der Waals surface area contributed by atoms with E-state index in [1.54, 1.807) is 0 Å². The molecule has 1 amide bonds.